The number of allylic oxidation sites excluding steroid dienone is 4. The Morgan fingerprint density at radius 1 is 0.963 bits per heavy atom. The molecule has 5 rings (SSSR count). The molecular weight excluding hydrogens is 392 g/mol. The molecule has 2 atom stereocenters. The Labute approximate surface area is 169 Å². The van der Waals surface area contributed by atoms with Crippen LogP contribution < -0.4 is 0 Å². The molecule has 0 spiro atoms. The van der Waals surface area contributed by atoms with Gasteiger partial charge in [0, 0.05) is 10.4 Å². The third-order valence-electron chi connectivity index (χ3n) is 6.31. The van der Waals surface area contributed by atoms with Gasteiger partial charge in [0.2, 0.25) is 0 Å². The fraction of sp³-hybridized carbons (Fsp3) is 0.231. The Balaban J connectivity index is 1.63. The quantitative estimate of drug-likeness (QED) is 0.384. The summed E-state index contributed by atoms with van der Waals surface area (Å²) in [5.74, 6) is 1.10. The van der Waals surface area contributed by atoms with Crippen LogP contribution in [0.4, 0.5) is 0 Å². The fourth-order valence-electron chi connectivity index (χ4n) is 4.82. The highest BCUT2D eigenvalue weighted by Gasteiger charge is 2.28. The molecule has 134 valence electrons. The van der Waals surface area contributed by atoms with E-state index in [1.54, 1.807) is 5.57 Å². The highest BCUT2D eigenvalue weighted by atomic mass is 79.9. The van der Waals surface area contributed by atoms with Gasteiger partial charge in [-0.1, -0.05) is 89.1 Å². The molecule has 0 N–H and O–H groups in total. The Morgan fingerprint density at radius 3 is 2.59 bits per heavy atom. The van der Waals surface area contributed by atoms with E-state index in [0.717, 1.165) is 12.8 Å². The van der Waals surface area contributed by atoms with Gasteiger partial charge in [0.1, 0.15) is 0 Å². The van der Waals surface area contributed by atoms with Gasteiger partial charge in [-0.25, -0.2) is 0 Å². The maximum atomic E-state index is 3.74. The molecular formula is C26H23Br. The largest absolute Gasteiger partial charge is 0.0761 e. The van der Waals surface area contributed by atoms with E-state index < -0.39 is 0 Å². The highest BCUT2D eigenvalue weighted by Crippen LogP contribution is 2.46. The van der Waals surface area contributed by atoms with Crippen molar-refractivity contribution < 1.29 is 0 Å². The third kappa shape index (κ3) is 2.80. The molecule has 0 radical (unpaired) electrons. The molecule has 2 aliphatic rings. The summed E-state index contributed by atoms with van der Waals surface area (Å²) in [5, 5.41) is 2.76. The van der Waals surface area contributed by atoms with Crippen LogP contribution >= 0.6 is 15.9 Å². The Morgan fingerprint density at radius 2 is 1.78 bits per heavy atom. The lowest BCUT2D eigenvalue weighted by Gasteiger charge is -2.33. The summed E-state index contributed by atoms with van der Waals surface area (Å²) in [6.07, 6.45) is 7.08. The van der Waals surface area contributed by atoms with Crippen molar-refractivity contribution in [3.8, 4) is 0 Å². The van der Waals surface area contributed by atoms with Crippen molar-refractivity contribution in [3.05, 3.63) is 99.0 Å². The van der Waals surface area contributed by atoms with Gasteiger partial charge in [-0.2, -0.15) is 0 Å². The number of hydrogen-bond donors (Lipinski definition) is 0. The molecule has 0 fully saturated rings. The van der Waals surface area contributed by atoms with Gasteiger partial charge in [-0.05, 0) is 70.3 Å². The maximum absolute atomic E-state index is 3.74. The van der Waals surface area contributed by atoms with Crippen molar-refractivity contribution in [3.63, 3.8) is 0 Å². The van der Waals surface area contributed by atoms with Gasteiger partial charge < -0.3 is 0 Å². The molecule has 0 nitrogen and oxygen atoms in total. The van der Waals surface area contributed by atoms with Crippen LogP contribution in [0.15, 0.2) is 76.8 Å². The lowest BCUT2D eigenvalue weighted by molar-refractivity contribution is 0.614. The number of rotatable bonds is 1. The van der Waals surface area contributed by atoms with Gasteiger partial charge in [0.05, 0.1) is 0 Å². The van der Waals surface area contributed by atoms with E-state index >= 15 is 0 Å². The Bertz CT molecular complexity index is 1100. The van der Waals surface area contributed by atoms with E-state index in [0.29, 0.717) is 11.8 Å². The molecule has 27 heavy (non-hydrogen) atoms. The van der Waals surface area contributed by atoms with Crippen molar-refractivity contribution in [1.82, 2.24) is 0 Å². The van der Waals surface area contributed by atoms with E-state index in [-0.39, 0.29) is 0 Å². The van der Waals surface area contributed by atoms with Crippen LogP contribution in [-0.4, -0.2) is 0 Å². The van der Waals surface area contributed by atoms with Crippen molar-refractivity contribution in [2.45, 2.75) is 32.6 Å². The topological polar surface area (TPSA) is 0 Å². The summed E-state index contributed by atoms with van der Waals surface area (Å²) in [7, 11) is 0. The fourth-order valence-corrected chi connectivity index (χ4v) is 5.16. The van der Waals surface area contributed by atoms with E-state index in [2.05, 4.69) is 96.5 Å². The maximum Gasteiger partial charge on any atom is 0.0210 e. The first-order valence-corrected chi connectivity index (χ1v) is 10.6. The minimum Gasteiger partial charge on any atom is -0.0761 e. The van der Waals surface area contributed by atoms with E-state index in [4.69, 9.17) is 0 Å². The normalized spacial score (nSPS) is 21.3. The molecule has 0 saturated heterocycles. The summed E-state index contributed by atoms with van der Waals surface area (Å²) in [5.41, 5.74) is 8.78. The van der Waals surface area contributed by atoms with Crippen LogP contribution in [0, 0.1) is 12.8 Å². The molecule has 0 heterocycles. The lowest BCUT2D eigenvalue weighted by Crippen LogP contribution is -2.18. The third-order valence-corrected chi connectivity index (χ3v) is 7.17. The lowest BCUT2D eigenvalue weighted by atomic mass is 9.71. The van der Waals surface area contributed by atoms with E-state index in [1.807, 2.05) is 0 Å². The zero-order valence-electron chi connectivity index (χ0n) is 15.8. The first-order chi connectivity index (χ1) is 13.1. The van der Waals surface area contributed by atoms with Crippen LogP contribution in [0.1, 0.15) is 41.5 Å². The van der Waals surface area contributed by atoms with E-state index in [1.165, 1.54) is 43.1 Å². The summed E-state index contributed by atoms with van der Waals surface area (Å²) in [4.78, 5) is 0. The second-order valence-corrected chi connectivity index (χ2v) is 8.89. The number of halogens is 1. The van der Waals surface area contributed by atoms with Crippen molar-refractivity contribution in [2.75, 3.05) is 0 Å². The molecule has 1 heteroatoms. The molecule has 0 amide bonds. The summed E-state index contributed by atoms with van der Waals surface area (Å²) >= 11 is 3.74. The summed E-state index contributed by atoms with van der Waals surface area (Å²) in [6, 6.07) is 20.2. The number of benzene rings is 3. The standard InChI is InChI=1S/C26H23Br/c1-16-13-25-22(11-9-20-12-17(2)26(27)15-24(20)25)21-10-8-19(14-23(16)21)18-6-4-3-5-7-18/h3-12,15-16,19H,13-14H2,1-2H3. The first-order valence-electron chi connectivity index (χ1n) is 9.80. The van der Waals surface area contributed by atoms with Gasteiger partial charge in [-0.3, -0.25) is 0 Å². The summed E-state index contributed by atoms with van der Waals surface area (Å²) < 4.78 is 1.21. The highest BCUT2D eigenvalue weighted by molar-refractivity contribution is 9.10. The minimum absolute atomic E-state index is 0.506. The smallest absolute Gasteiger partial charge is 0.0210 e. The molecule has 0 bridgehead atoms. The zero-order chi connectivity index (χ0) is 18.5. The molecule has 3 aromatic carbocycles. The average molecular weight is 415 g/mol. The second kappa shape index (κ2) is 6.49. The predicted octanol–water partition coefficient (Wildman–Crippen LogP) is 7.60. The predicted molar refractivity (Wildman–Crippen MR) is 119 cm³/mol. The SMILES string of the molecule is Cc1cc2ccc3c(c2cc1Br)CC(C)C1=C3C=CC(c2ccccc2)C1. The molecule has 3 aromatic rings. The van der Waals surface area contributed by atoms with Gasteiger partial charge in [0.15, 0.2) is 0 Å². The first kappa shape index (κ1) is 17.0. The van der Waals surface area contributed by atoms with Crippen LogP contribution in [0.2, 0.25) is 0 Å². The summed E-state index contributed by atoms with van der Waals surface area (Å²) in [6.45, 7) is 4.57. The average Bonchev–Trinajstić information content (AvgIpc) is 2.70. The van der Waals surface area contributed by atoms with Crippen LogP contribution in [-0.2, 0) is 6.42 Å². The monoisotopic (exact) mass is 414 g/mol. The molecule has 2 aliphatic carbocycles. The molecule has 0 saturated carbocycles. The van der Waals surface area contributed by atoms with Gasteiger partial charge >= 0.3 is 0 Å². The van der Waals surface area contributed by atoms with Crippen LogP contribution in [0.5, 0.6) is 0 Å². The number of hydrogen-bond acceptors (Lipinski definition) is 0. The van der Waals surface area contributed by atoms with Crippen molar-refractivity contribution in [1.29, 1.82) is 0 Å². The van der Waals surface area contributed by atoms with Crippen molar-refractivity contribution >= 4 is 32.3 Å². The van der Waals surface area contributed by atoms with Gasteiger partial charge in [0.25, 0.3) is 0 Å². The van der Waals surface area contributed by atoms with Crippen LogP contribution in [0.25, 0.3) is 16.3 Å². The Hall–Kier alpha value is -2.12. The second-order valence-electron chi connectivity index (χ2n) is 8.04. The van der Waals surface area contributed by atoms with Crippen LogP contribution in [0.3, 0.4) is 0 Å². The number of fused-ring (bicyclic) bond motifs is 4. The molecule has 0 aliphatic heterocycles. The van der Waals surface area contributed by atoms with Gasteiger partial charge in [-0.15, -0.1) is 0 Å². The molecule has 0 aromatic heterocycles. The molecule has 2 unspecified atom stereocenters. The Kier molecular flexibility index (Phi) is 4.09. The minimum atomic E-state index is 0.506. The van der Waals surface area contributed by atoms with Crippen molar-refractivity contribution in [2.24, 2.45) is 5.92 Å². The van der Waals surface area contributed by atoms with E-state index in [9.17, 15) is 0 Å². The zero-order valence-corrected chi connectivity index (χ0v) is 17.4. The number of aryl methyl sites for hydroxylation is 1.